The van der Waals surface area contributed by atoms with Crippen molar-refractivity contribution in [3.8, 4) is 22.6 Å². The molecule has 0 radical (unpaired) electrons. The van der Waals surface area contributed by atoms with E-state index in [-0.39, 0.29) is 23.8 Å². The Bertz CT molecular complexity index is 759. The van der Waals surface area contributed by atoms with Crippen LogP contribution in [0.1, 0.15) is 11.1 Å². The Hall–Kier alpha value is -2.86. The van der Waals surface area contributed by atoms with Crippen LogP contribution in [0.4, 0.5) is 0 Å². The third kappa shape index (κ3) is 4.11. The summed E-state index contributed by atoms with van der Waals surface area (Å²) in [6.07, 6.45) is 1.28. The lowest BCUT2D eigenvalue weighted by Gasteiger charge is -2.12. The van der Waals surface area contributed by atoms with Gasteiger partial charge in [0.1, 0.15) is 17.8 Å². The molecule has 126 valence electrons. The van der Waals surface area contributed by atoms with Gasteiger partial charge in [-0.2, -0.15) is 0 Å². The Labute approximate surface area is 140 Å². The van der Waals surface area contributed by atoms with E-state index in [0.29, 0.717) is 23.8 Å². The van der Waals surface area contributed by atoms with Crippen LogP contribution in [0, 0.1) is 5.41 Å². The average Bonchev–Trinajstić information content (AvgIpc) is 2.58. The number of aldehydes is 1. The van der Waals surface area contributed by atoms with Crippen LogP contribution in [0.5, 0.6) is 11.5 Å². The second-order valence-corrected chi connectivity index (χ2v) is 5.51. The zero-order chi connectivity index (χ0) is 17.7. The summed E-state index contributed by atoms with van der Waals surface area (Å²) in [6.45, 7) is 0. The third-order valence-electron chi connectivity index (χ3n) is 3.67. The van der Waals surface area contributed by atoms with Crippen molar-refractivity contribution in [2.75, 3.05) is 7.11 Å². The summed E-state index contributed by atoms with van der Waals surface area (Å²) in [5.41, 5.74) is 8.06. The van der Waals surface area contributed by atoms with Gasteiger partial charge in [0.2, 0.25) is 0 Å². The highest BCUT2D eigenvalue weighted by Gasteiger charge is 2.13. The molecule has 0 aliphatic rings. The van der Waals surface area contributed by atoms with Gasteiger partial charge in [-0.05, 0) is 41.8 Å². The van der Waals surface area contributed by atoms with Gasteiger partial charge in [0.05, 0.1) is 13.2 Å². The Balaban J connectivity index is 2.42. The van der Waals surface area contributed by atoms with E-state index in [4.69, 9.17) is 15.9 Å². The van der Waals surface area contributed by atoms with Gasteiger partial charge in [-0.1, -0.05) is 12.1 Å². The molecule has 1 unspecified atom stereocenters. The topological polar surface area (TPSA) is 117 Å². The van der Waals surface area contributed by atoms with Crippen molar-refractivity contribution in [2.24, 2.45) is 5.73 Å². The van der Waals surface area contributed by atoms with Gasteiger partial charge < -0.3 is 25.5 Å². The van der Waals surface area contributed by atoms with Crippen molar-refractivity contribution >= 4 is 12.2 Å². The van der Waals surface area contributed by atoms with Crippen LogP contribution in [0.25, 0.3) is 11.1 Å². The maximum atomic E-state index is 10.7. The van der Waals surface area contributed by atoms with Gasteiger partial charge in [0.15, 0.2) is 5.90 Å². The molecule has 0 amide bonds. The lowest BCUT2D eigenvalue weighted by molar-refractivity contribution is -0.108. The normalized spacial score (nSPS) is 11.8. The van der Waals surface area contributed by atoms with Crippen LogP contribution in [0.2, 0.25) is 0 Å². The molecule has 0 spiro atoms. The van der Waals surface area contributed by atoms with Gasteiger partial charge in [-0.25, -0.2) is 0 Å². The van der Waals surface area contributed by atoms with E-state index in [1.807, 2.05) is 0 Å². The van der Waals surface area contributed by atoms with Gasteiger partial charge in [0, 0.05) is 17.5 Å². The van der Waals surface area contributed by atoms with Gasteiger partial charge in [-0.15, -0.1) is 0 Å². The lowest BCUT2D eigenvalue weighted by atomic mass is 9.96. The highest BCUT2D eigenvalue weighted by atomic mass is 16.5. The number of hydrogen-bond acceptors (Lipinski definition) is 6. The van der Waals surface area contributed by atoms with E-state index in [2.05, 4.69) is 0 Å². The van der Waals surface area contributed by atoms with Gasteiger partial charge in [-0.3, -0.25) is 5.41 Å². The molecule has 5 N–H and O–H groups in total. The van der Waals surface area contributed by atoms with Gasteiger partial charge >= 0.3 is 0 Å². The Morgan fingerprint density at radius 1 is 1.17 bits per heavy atom. The first kappa shape index (κ1) is 17.5. The molecule has 2 aromatic rings. The minimum Gasteiger partial charge on any atom is -0.507 e. The molecule has 24 heavy (non-hydrogen) atoms. The summed E-state index contributed by atoms with van der Waals surface area (Å²) in [5, 5.41) is 27.9. The molecule has 0 aliphatic carbocycles. The Morgan fingerprint density at radius 3 is 2.25 bits per heavy atom. The third-order valence-corrected chi connectivity index (χ3v) is 3.67. The molecular formula is C18H20N2O4. The summed E-state index contributed by atoms with van der Waals surface area (Å²) in [4.78, 5) is 10.7. The summed E-state index contributed by atoms with van der Waals surface area (Å²) < 4.78 is 4.85. The van der Waals surface area contributed by atoms with Gasteiger partial charge in [0.25, 0.3) is 0 Å². The first-order valence-corrected chi connectivity index (χ1v) is 7.41. The first-order chi connectivity index (χ1) is 11.4. The maximum Gasteiger partial charge on any atom is 0.184 e. The maximum absolute atomic E-state index is 10.7. The van der Waals surface area contributed by atoms with Crippen LogP contribution in [0.15, 0.2) is 36.4 Å². The second kappa shape index (κ2) is 7.61. The number of benzene rings is 2. The average molecular weight is 328 g/mol. The number of carbonyl (C=O) groups excluding carboxylic acids is 1. The molecule has 0 heterocycles. The van der Waals surface area contributed by atoms with E-state index in [9.17, 15) is 15.0 Å². The van der Waals surface area contributed by atoms with Crippen LogP contribution in [0.3, 0.4) is 0 Å². The number of rotatable bonds is 6. The monoisotopic (exact) mass is 328 g/mol. The Kier molecular flexibility index (Phi) is 5.55. The molecule has 0 bridgehead atoms. The number of hydrogen-bond donors (Lipinski definition) is 4. The molecule has 0 aliphatic heterocycles. The van der Waals surface area contributed by atoms with Crippen molar-refractivity contribution < 1.29 is 19.7 Å². The van der Waals surface area contributed by atoms with Crippen molar-refractivity contribution in [1.29, 1.82) is 5.41 Å². The van der Waals surface area contributed by atoms with Crippen LogP contribution < -0.4 is 5.73 Å². The van der Waals surface area contributed by atoms with Crippen molar-refractivity contribution in [1.82, 2.24) is 0 Å². The molecule has 2 aromatic carbocycles. The van der Waals surface area contributed by atoms with Crippen LogP contribution in [-0.4, -0.2) is 35.5 Å². The highest BCUT2D eigenvalue weighted by molar-refractivity contribution is 5.79. The largest absolute Gasteiger partial charge is 0.507 e. The van der Waals surface area contributed by atoms with E-state index in [1.54, 1.807) is 24.3 Å². The molecule has 6 nitrogen and oxygen atoms in total. The number of nitrogens with two attached hydrogens (primary N) is 1. The smallest absolute Gasteiger partial charge is 0.184 e. The summed E-state index contributed by atoms with van der Waals surface area (Å²) >= 11 is 0. The molecule has 0 saturated heterocycles. The molecule has 2 rings (SSSR count). The number of ether oxygens (including phenoxy) is 1. The quantitative estimate of drug-likeness (QED) is 0.368. The SMILES string of the molecule is COC(=N)Cc1ccc(O)c(-c2cc(CC(N)C=O)ccc2O)c1. The zero-order valence-electron chi connectivity index (χ0n) is 13.3. The van der Waals surface area contributed by atoms with Crippen molar-refractivity contribution in [3.63, 3.8) is 0 Å². The minimum absolute atomic E-state index is 0.00712. The predicted molar refractivity (Wildman–Crippen MR) is 91.4 cm³/mol. The molecular weight excluding hydrogens is 308 g/mol. The highest BCUT2D eigenvalue weighted by Crippen LogP contribution is 2.36. The second-order valence-electron chi connectivity index (χ2n) is 5.51. The molecule has 0 fully saturated rings. The Morgan fingerprint density at radius 2 is 1.71 bits per heavy atom. The fraction of sp³-hybridized carbons (Fsp3) is 0.222. The van der Waals surface area contributed by atoms with Crippen LogP contribution >= 0.6 is 0 Å². The molecule has 1 atom stereocenters. The van der Waals surface area contributed by atoms with E-state index in [0.717, 1.165) is 11.1 Å². The number of nitrogens with one attached hydrogen (secondary N) is 1. The summed E-state index contributed by atoms with van der Waals surface area (Å²) in [5.74, 6) is 0.115. The number of carbonyl (C=O) groups is 1. The number of phenolic OH excluding ortho intramolecular Hbond substituents is 2. The predicted octanol–water partition coefficient (Wildman–Crippen LogP) is 2.00. The summed E-state index contributed by atoms with van der Waals surface area (Å²) in [6, 6.07) is 9.16. The number of phenols is 2. The van der Waals surface area contributed by atoms with E-state index in [1.165, 1.54) is 19.2 Å². The lowest BCUT2D eigenvalue weighted by Crippen LogP contribution is -2.24. The molecule has 6 heteroatoms. The van der Waals surface area contributed by atoms with E-state index < -0.39 is 6.04 Å². The minimum atomic E-state index is -0.621. The number of aromatic hydroxyl groups is 2. The molecule has 0 aromatic heterocycles. The first-order valence-electron chi connectivity index (χ1n) is 7.41. The van der Waals surface area contributed by atoms with Crippen molar-refractivity contribution in [3.05, 3.63) is 47.5 Å². The fourth-order valence-electron chi connectivity index (χ4n) is 2.41. The van der Waals surface area contributed by atoms with Crippen molar-refractivity contribution in [2.45, 2.75) is 18.9 Å². The molecule has 0 saturated carbocycles. The van der Waals surface area contributed by atoms with E-state index >= 15 is 0 Å². The fourth-order valence-corrected chi connectivity index (χ4v) is 2.41. The van der Waals surface area contributed by atoms with Crippen LogP contribution in [-0.2, 0) is 22.4 Å². The zero-order valence-corrected chi connectivity index (χ0v) is 13.3. The number of methoxy groups -OCH3 is 1. The summed E-state index contributed by atoms with van der Waals surface area (Å²) in [7, 11) is 1.43. The standard InChI is InChI=1S/C18H20N2O4/c1-24-18(20)9-12-3-5-17(23)15(8-12)14-7-11(2-4-16(14)22)6-13(19)10-21/h2-5,7-8,10,13,20,22-23H,6,9,19H2,1H3.